The second kappa shape index (κ2) is 3.38. The molecule has 0 saturated heterocycles. The number of nitrogens with zero attached hydrogens (tertiary/aromatic N) is 1. The van der Waals surface area contributed by atoms with Crippen LogP contribution in [0, 0.1) is 5.21 Å². The van der Waals surface area contributed by atoms with Crippen molar-refractivity contribution in [1.82, 2.24) is 5.34 Å². The van der Waals surface area contributed by atoms with Gasteiger partial charge in [-0.25, -0.2) is 0 Å². The van der Waals surface area contributed by atoms with E-state index in [1.54, 1.807) is 13.8 Å². The van der Waals surface area contributed by atoms with E-state index in [2.05, 4.69) is 4.84 Å². The van der Waals surface area contributed by atoms with Gasteiger partial charge < -0.3 is 5.21 Å². The third-order valence-electron chi connectivity index (χ3n) is 0.801. The van der Waals surface area contributed by atoms with Crippen molar-refractivity contribution in [3.05, 3.63) is 5.21 Å². The highest BCUT2D eigenvalue weighted by Gasteiger charge is 2.16. The van der Waals surface area contributed by atoms with Gasteiger partial charge in [0.15, 0.2) is 0 Å². The molecule has 0 aromatic heterocycles. The molecule has 0 rings (SSSR count). The minimum Gasteiger partial charge on any atom is -0.748 e. The molecule has 0 amide bonds. The monoisotopic (exact) mass is 151 g/mol. The van der Waals surface area contributed by atoms with Crippen molar-refractivity contribution in [1.29, 1.82) is 0 Å². The molecule has 0 saturated carbocycles. The summed E-state index contributed by atoms with van der Waals surface area (Å²) in [6.07, 6.45) is 1.84. The van der Waals surface area contributed by atoms with E-state index >= 15 is 0 Å². The van der Waals surface area contributed by atoms with Gasteiger partial charge in [-0.3, -0.25) is 10.7 Å². The molecule has 0 aromatic carbocycles. The Balaban J connectivity index is 3.58. The highest BCUT2D eigenvalue weighted by atomic mass is 32.2. The summed E-state index contributed by atoms with van der Waals surface area (Å²) in [6.45, 7) is 3.52. The van der Waals surface area contributed by atoms with Crippen LogP contribution < -0.4 is 5.84 Å². The van der Waals surface area contributed by atoms with Crippen LogP contribution in [0.15, 0.2) is 0 Å². The van der Waals surface area contributed by atoms with Crippen LogP contribution >= 0.6 is 11.8 Å². The van der Waals surface area contributed by atoms with E-state index in [9.17, 15) is 5.21 Å². The van der Waals surface area contributed by atoms with Crippen LogP contribution in [-0.2, 0) is 4.84 Å². The summed E-state index contributed by atoms with van der Waals surface area (Å²) in [4.78, 5) is 4.07. The summed E-state index contributed by atoms with van der Waals surface area (Å²) in [5, 5.41) is 10.0. The normalized spacial score (nSPS) is 12.7. The zero-order valence-corrected chi connectivity index (χ0v) is 6.57. The molecule has 4 nitrogen and oxygen atoms in total. The first kappa shape index (κ1) is 9.19. The molecule has 56 valence electrons. The predicted octanol–water partition coefficient (Wildman–Crippen LogP) is 0.691. The maximum absolute atomic E-state index is 10.1. The van der Waals surface area contributed by atoms with Crippen LogP contribution in [0.1, 0.15) is 13.8 Å². The van der Waals surface area contributed by atoms with Gasteiger partial charge in [-0.05, 0) is 20.1 Å². The summed E-state index contributed by atoms with van der Waals surface area (Å²) in [5.41, 5.74) is 0. The van der Waals surface area contributed by atoms with Crippen LogP contribution in [0.3, 0.4) is 0 Å². The third kappa shape index (κ3) is 4.68. The summed E-state index contributed by atoms with van der Waals surface area (Å²) in [7, 11) is 0. The lowest BCUT2D eigenvalue weighted by Crippen LogP contribution is -2.34. The molecule has 5 heteroatoms. The van der Waals surface area contributed by atoms with E-state index in [1.165, 1.54) is 11.8 Å². The molecule has 0 unspecified atom stereocenters. The number of hydrogen-bond donors (Lipinski definition) is 1. The maximum Gasteiger partial charge on any atom is 0.130 e. The first-order chi connectivity index (χ1) is 3.98. The van der Waals surface area contributed by atoms with Crippen molar-refractivity contribution in [2.75, 3.05) is 6.26 Å². The largest absolute Gasteiger partial charge is 0.748 e. The van der Waals surface area contributed by atoms with Gasteiger partial charge in [-0.1, -0.05) is 0 Å². The molecular formula is C4H11N2O2S-. The Kier molecular flexibility index (Phi) is 3.45. The summed E-state index contributed by atoms with van der Waals surface area (Å²) in [5.74, 6) is 4.70. The van der Waals surface area contributed by atoms with E-state index in [-0.39, 0.29) is 5.34 Å². The lowest BCUT2D eigenvalue weighted by Gasteiger charge is -2.31. The fraction of sp³-hybridized carbons (Fsp3) is 1.00. The molecule has 0 aliphatic carbocycles. The van der Waals surface area contributed by atoms with Gasteiger partial charge in [0.2, 0.25) is 0 Å². The molecule has 0 spiro atoms. The van der Waals surface area contributed by atoms with Gasteiger partial charge in [0, 0.05) is 0 Å². The first-order valence-corrected chi connectivity index (χ1v) is 3.66. The molecule has 0 aliphatic rings. The van der Waals surface area contributed by atoms with Crippen LogP contribution in [0.2, 0.25) is 0 Å². The van der Waals surface area contributed by atoms with Gasteiger partial charge in [0.25, 0.3) is 0 Å². The quantitative estimate of drug-likeness (QED) is 0.365. The summed E-state index contributed by atoms with van der Waals surface area (Å²) < 4.78 is 0. The van der Waals surface area contributed by atoms with E-state index < -0.39 is 4.93 Å². The number of rotatable bonds is 3. The number of nitrogens with two attached hydrogens (primary N) is 1. The number of hydrazine groups is 1. The van der Waals surface area contributed by atoms with Gasteiger partial charge in [0.05, 0.1) is 0 Å². The molecule has 0 aromatic rings. The lowest BCUT2D eigenvalue weighted by molar-refractivity contribution is -0.169. The Hall–Kier alpha value is 0.190. The van der Waals surface area contributed by atoms with Crippen LogP contribution in [-0.4, -0.2) is 16.5 Å². The first-order valence-electron chi connectivity index (χ1n) is 2.44. The Morgan fingerprint density at radius 3 is 2.22 bits per heavy atom. The Bertz CT molecular complexity index is 86.6. The summed E-state index contributed by atoms with van der Waals surface area (Å²) in [6, 6.07) is 0. The molecule has 0 atom stereocenters. The SMILES string of the molecule is CSC(C)(C)ON(N)[O-]. The van der Waals surface area contributed by atoms with E-state index in [0.717, 1.165) is 0 Å². The lowest BCUT2D eigenvalue weighted by atomic mass is 10.5. The highest BCUT2D eigenvalue weighted by Crippen LogP contribution is 2.22. The topological polar surface area (TPSA) is 61.5 Å². The van der Waals surface area contributed by atoms with Gasteiger partial charge in [0.1, 0.15) is 4.93 Å². The third-order valence-corrected chi connectivity index (χ3v) is 1.86. The van der Waals surface area contributed by atoms with Gasteiger partial charge >= 0.3 is 0 Å². The maximum atomic E-state index is 10.1. The molecule has 0 heterocycles. The van der Waals surface area contributed by atoms with Gasteiger partial charge in [-0.15, -0.1) is 11.8 Å². The molecule has 9 heavy (non-hydrogen) atoms. The minimum absolute atomic E-state index is 0.0312. The van der Waals surface area contributed by atoms with Gasteiger partial charge in [-0.2, -0.15) is 5.34 Å². The molecule has 0 radical (unpaired) electrons. The second-order valence-corrected chi connectivity index (χ2v) is 3.37. The smallest absolute Gasteiger partial charge is 0.130 e. The van der Waals surface area contributed by atoms with Crippen molar-refractivity contribution < 1.29 is 4.84 Å². The Morgan fingerprint density at radius 2 is 2.11 bits per heavy atom. The van der Waals surface area contributed by atoms with Crippen LogP contribution in [0.4, 0.5) is 0 Å². The minimum atomic E-state index is -0.531. The Morgan fingerprint density at radius 1 is 1.67 bits per heavy atom. The standard InChI is InChI=1S/C4H11N2O2S/c1-4(2,9-3)8-6(5)7/h5H2,1-3H3/q-1. The fourth-order valence-corrected chi connectivity index (χ4v) is 0.402. The van der Waals surface area contributed by atoms with Crippen molar-refractivity contribution in [2.24, 2.45) is 5.84 Å². The molecule has 0 aliphatic heterocycles. The molecular weight excluding hydrogens is 140 g/mol. The van der Waals surface area contributed by atoms with E-state index in [4.69, 9.17) is 5.84 Å². The zero-order valence-electron chi connectivity index (χ0n) is 5.75. The number of thioether (sulfide) groups is 1. The van der Waals surface area contributed by atoms with Crippen molar-refractivity contribution >= 4 is 11.8 Å². The Labute approximate surface area is 58.8 Å². The average Bonchev–Trinajstić information content (AvgIpc) is 1.63. The second-order valence-electron chi connectivity index (χ2n) is 1.98. The van der Waals surface area contributed by atoms with Crippen molar-refractivity contribution in [2.45, 2.75) is 18.8 Å². The summed E-state index contributed by atoms with van der Waals surface area (Å²) >= 11 is 1.41. The highest BCUT2D eigenvalue weighted by molar-refractivity contribution is 7.99. The van der Waals surface area contributed by atoms with E-state index in [0.29, 0.717) is 0 Å². The molecule has 0 fully saturated rings. The number of hydrogen-bond acceptors (Lipinski definition) is 5. The van der Waals surface area contributed by atoms with Crippen molar-refractivity contribution in [3.8, 4) is 0 Å². The fourth-order valence-electron chi connectivity index (χ4n) is 0.254. The van der Waals surface area contributed by atoms with Crippen LogP contribution in [0.5, 0.6) is 0 Å². The predicted molar refractivity (Wildman–Crippen MR) is 38.1 cm³/mol. The molecule has 0 bridgehead atoms. The molecule has 2 N–H and O–H groups in total. The van der Waals surface area contributed by atoms with Crippen LogP contribution in [0.25, 0.3) is 0 Å². The zero-order chi connectivity index (χ0) is 7.49. The van der Waals surface area contributed by atoms with Crippen molar-refractivity contribution in [3.63, 3.8) is 0 Å². The average molecular weight is 151 g/mol. The van der Waals surface area contributed by atoms with E-state index in [1.807, 2.05) is 6.26 Å².